The Bertz CT molecular complexity index is 724. The zero-order valence-corrected chi connectivity index (χ0v) is 11.5. The van der Waals surface area contributed by atoms with E-state index in [1.54, 1.807) is 35.8 Å². The molecular weight excluding hydrogens is 300 g/mol. The molecule has 20 heavy (non-hydrogen) atoms. The number of amides is 1. The first kappa shape index (κ1) is 12.7. The lowest BCUT2D eigenvalue weighted by Gasteiger charge is -1.97. The van der Waals surface area contributed by atoms with E-state index in [2.05, 4.69) is 25.7 Å². The lowest BCUT2D eigenvalue weighted by molar-refractivity contribution is 0.101. The minimum atomic E-state index is -0.458. The zero-order chi connectivity index (χ0) is 13.9. The van der Waals surface area contributed by atoms with Crippen LogP contribution in [0.25, 0.3) is 5.69 Å². The first-order valence-corrected chi connectivity index (χ1v) is 6.75. The molecule has 0 spiro atoms. The van der Waals surface area contributed by atoms with E-state index in [0.717, 1.165) is 0 Å². The molecule has 3 rings (SSSR count). The van der Waals surface area contributed by atoms with E-state index in [-0.39, 0.29) is 5.82 Å². The van der Waals surface area contributed by atoms with E-state index < -0.39 is 5.91 Å². The largest absolute Gasteiger partial charge is 0.299 e. The van der Waals surface area contributed by atoms with Crippen LogP contribution in [0.2, 0.25) is 5.02 Å². The quantitative estimate of drug-likeness (QED) is 0.800. The van der Waals surface area contributed by atoms with Gasteiger partial charge in [0.15, 0.2) is 5.13 Å². The molecule has 7 nitrogen and oxygen atoms in total. The van der Waals surface area contributed by atoms with Gasteiger partial charge < -0.3 is 0 Å². The van der Waals surface area contributed by atoms with Crippen molar-refractivity contribution in [3.63, 3.8) is 0 Å². The van der Waals surface area contributed by atoms with Gasteiger partial charge in [0.2, 0.25) is 0 Å². The average molecular weight is 307 g/mol. The number of halogens is 1. The van der Waals surface area contributed by atoms with Gasteiger partial charge in [-0.3, -0.25) is 10.1 Å². The molecule has 0 saturated carbocycles. The number of nitrogens with one attached hydrogen (secondary N) is 1. The summed E-state index contributed by atoms with van der Waals surface area (Å²) in [4.78, 5) is 17.1. The number of hydrogen-bond donors (Lipinski definition) is 1. The van der Waals surface area contributed by atoms with Crippen LogP contribution in [0, 0.1) is 0 Å². The molecule has 0 saturated heterocycles. The van der Waals surface area contributed by atoms with Crippen molar-refractivity contribution in [2.75, 3.05) is 5.32 Å². The van der Waals surface area contributed by atoms with Crippen LogP contribution in [-0.2, 0) is 0 Å². The van der Waals surface area contributed by atoms with Gasteiger partial charge in [0.1, 0.15) is 0 Å². The lowest BCUT2D eigenvalue weighted by Crippen LogP contribution is -2.14. The molecule has 0 aliphatic carbocycles. The highest BCUT2D eigenvalue weighted by Crippen LogP contribution is 2.13. The molecule has 2 heterocycles. The van der Waals surface area contributed by atoms with Gasteiger partial charge in [-0.1, -0.05) is 11.6 Å². The maximum absolute atomic E-state index is 11.9. The van der Waals surface area contributed by atoms with Gasteiger partial charge in [-0.2, -0.15) is 0 Å². The molecule has 2 aromatic heterocycles. The van der Waals surface area contributed by atoms with Gasteiger partial charge in [0.05, 0.1) is 5.69 Å². The number of aromatic nitrogens is 5. The van der Waals surface area contributed by atoms with Crippen LogP contribution in [0.1, 0.15) is 10.6 Å². The van der Waals surface area contributed by atoms with E-state index in [1.807, 2.05) is 0 Å². The van der Waals surface area contributed by atoms with Crippen LogP contribution in [0.4, 0.5) is 5.13 Å². The van der Waals surface area contributed by atoms with Crippen molar-refractivity contribution in [1.82, 2.24) is 25.2 Å². The fourth-order valence-electron chi connectivity index (χ4n) is 1.43. The van der Waals surface area contributed by atoms with Crippen LogP contribution in [-0.4, -0.2) is 31.1 Å². The first-order chi connectivity index (χ1) is 9.72. The molecule has 0 unspecified atom stereocenters. The lowest BCUT2D eigenvalue weighted by atomic mass is 10.3. The second kappa shape index (κ2) is 5.35. The third-order valence-corrected chi connectivity index (χ3v) is 3.27. The Morgan fingerprint density at radius 3 is 2.80 bits per heavy atom. The Morgan fingerprint density at radius 1 is 1.30 bits per heavy atom. The molecular formula is C11H7ClN6OS. The molecule has 100 valence electrons. The summed E-state index contributed by atoms with van der Waals surface area (Å²) in [5, 5.41) is 17.0. The highest BCUT2D eigenvalue weighted by molar-refractivity contribution is 7.13. The summed E-state index contributed by atoms with van der Waals surface area (Å²) in [6.45, 7) is 0. The Balaban J connectivity index is 1.79. The van der Waals surface area contributed by atoms with E-state index in [9.17, 15) is 4.79 Å². The molecule has 0 fully saturated rings. The SMILES string of the molecule is O=C(Nc1nccs1)c1nnn(-c2ccc(Cl)cc2)n1. The predicted octanol–water partition coefficient (Wildman–Crippen LogP) is 2.02. The monoisotopic (exact) mass is 306 g/mol. The Morgan fingerprint density at radius 2 is 2.10 bits per heavy atom. The summed E-state index contributed by atoms with van der Waals surface area (Å²) in [6.07, 6.45) is 1.60. The standard InChI is InChI=1S/C11H7ClN6OS/c12-7-1-3-8(4-2-7)18-16-9(15-17-18)10(19)14-11-13-5-6-20-11/h1-6H,(H,13,14,19). The van der Waals surface area contributed by atoms with Gasteiger partial charge in [0, 0.05) is 16.6 Å². The van der Waals surface area contributed by atoms with Crippen molar-refractivity contribution in [1.29, 1.82) is 0 Å². The van der Waals surface area contributed by atoms with E-state index in [0.29, 0.717) is 15.8 Å². The molecule has 0 aliphatic rings. The summed E-state index contributed by atoms with van der Waals surface area (Å²) in [7, 11) is 0. The van der Waals surface area contributed by atoms with Gasteiger partial charge in [0.25, 0.3) is 11.7 Å². The fourth-order valence-corrected chi connectivity index (χ4v) is 2.08. The van der Waals surface area contributed by atoms with Crippen molar-refractivity contribution in [3.8, 4) is 5.69 Å². The van der Waals surface area contributed by atoms with Crippen LogP contribution in [0.3, 0.4) is 0 Å². The highest BCUT2D eigenvalue weighted by Gasteiger charge is 2.14. The second-order valence-corrected chi connectivity index (χ2v) is 5.00. The number of benzene rings is 1. The molecule has 9 heteroatoms. The molecule has 1 N–H and O–H groups in total. The van der Waals surface area contributed by atoms with Gasteiger partial charge >= 0.3 is 0 Å². The van der Waals surface area contributed by atoms with Gasteiger partial charge in [-0.15, -0.1) is 26.3 Å². The van der Waals surface area contributed by atoms with Crippen LogP contribution >= 0.6 is 22.9 Å². The second-order valence-electron chi connectivity index (χ2n) is 3.67. The van der Waals surface area contributed by atoms with Crippen molar-refractivity contribution in [2.24, 2.45) is 0 Å². The summed E-state index contributed by atoms with van der Waals surface area (Å²) >= 11 is 7.11. The first-order valence-electron chi connectivity index (χ1n) is 5.49. The topological polar surface area (TPSA) is 85.6 Å². The summed E-state index contributed by atoms with van der Waals surface area (Å²) in [5.74, 6) is -0.490. The number of nitrogens with zero attached hydrogens (tertiary/aromatic N) is 5. The number of tetrazole rings is 1. The molecule has 1 aromatic carbocycles. The Labute approximate surface area is 122 Å². The summed E-state index contributed by atoms with van der Waals surface area (Å²) < 4.78 is 0. The number of carbonyl (C=O) groups excluding carboxylic acids is 1. The number of rotatable bonds is 3. The molecule has 0 radical (unpaired) electrons. The van der Waals surface area contributed by atoms with Crippen molar-refractivity contribution in [2.45, 2.75) is 0 Å². The van der Waals surface area contributed by atoms with E-state index >= 15 is 0 Å². The number of hydrogen-bond acceptors (Lipinski definition) is 6. The maximum atomic E-state index is 11.9. The molecule has 0 bridgehead atoms. The number of carbonyl (C=O) groups is 1. The van der Waals surface area contributed by atoms with E-state index in [1.165, 1.54) is 16.1 Å². The Hall–Kier alpha value is -2.32. The van der Waals surface area contributed by atoms with Gasteiger partial charge in [-0.05, 0) is 29.5 Å². The smallest absolute Gasteiger partial charge is 0.295 e. The van der Waals surface area contributed by atoms with E-state index in [4.69, 9.17) is 11.6 Å². The maximum Gasteiger partial charge on any atom is 0.299 e. The Kier molecular flexibility index (Phi) is 3.40. The van der Waals surface area contributed by atoms with Crippen molar-refractivity contribution < 1.29 is 4.79 Å². The number of thiazole rings is 1. The third-order valence-electron chi connectivity index (χ3n) is 2.33. The normalized spacial score (nSPS) is 10.4. The fraction of sp³-hybridized carbons (Fsp3) is 0. The molecule has 0 atom stereocenters. The minimum absolute atomic E-state index is 0.0323. The summed E-state index contributed by atoms with van der Waals surface area (Å²) in [6, 6.07) is 6.87. The van der Waals surface area contributed by atoms with Crippen molar-refractivity contribution in [3.05, 3.63) is 46.7 Å². The molecule has 1 amide bonds. The van der Waals surface area contributed by atoms with Gasteiger partial charge in [-0.25, -0.2) is 4.98 Å². The van der Waals surface area contributed by atoms with Crippen molar-refractivity contribution >= 4 is 34.0 Å². The average Bonchev–Trinajstić information content (AvgIpc) is 3.10. The van der Waals surface area contributed by atoms with Crippen LogP contribution < -0.4 is 5.32 Å². The minimum Gasteiger partial charge on any atom is -0.295 e. The summed E-state index contributed by atoms with van der Waals surface area (Å²) in [5.41, 5.74) is 0.662. The number of anilines is 1. The molecule has 0 aliphatic heterocycles. The third kappa shape index (κ3) is 2.65. The zero-order valence-electron chi connectivity index (χ0n) is 9.89. The predicted molar refractivity (Wildman–Crippen MR) is 74.2 cm³/mol. The highest BCUT2D eigenvalue weighted by atomic mass is 35.5. The van der Waals surface area contributed by atoms with Crippen LogP contribution in [0.5, 0.6) is 0 Å². The molecule has 3 aromatic rings. The van der Waals surface area contributed by atoms with Crippen LogP contribution in [0.15, 0.2) is 35.8 Å².